The first kappa shape index (κ1) is 18.3. The number of Topliss-reactive ketones (excluding diaryl/α,β-unsaturated/α-hetero) is 1. The van der Waals surface area contributed by atoms with E-state index < -0.39 is 0 Å². The predicted octanol–water partition coefficient (Wildman–Crippen LogP) is 3.11. The smallest absolute Gasteiger partial charge is 0.227 e. The molecule has 0 N–H and O–H groups in total. The summed E-state index contributed by atoms with van der Waals surface area (Å²) in [4.78, 5) is 25.0. The van der Waals surface area contributed by atoms with Gasteiger partial charge in [-0.05, 0) is 18.2 Å². The summed E-state index contributed by atoms with van der Waals surface area (Å²) in [6.07, 6.45) is 3.46. The molecule has 0 radical (unpaired) electrons. The van der Waals surface area contributed by atoms with E-state index in [4.69, 9.17) is 9.47 Å². The van der Waals surface area contributed by atoms with E-state index in [0.717, 1.165) is 0 Å². The number of methoxy groups -OCH3 is 2. The highest BCUT2D eigenvalue weighted by atomic mass is 16.5. The zero-order chi connectivity index (χ0) is 19.2. The molecule has 0 bridgehead atoms. The third kappa shape index (κ3) is 4.20. The standard InChI is InChI=1S/C22H20NO4/c1-26-20-9-8-18(14-21(20)27-2)19(24)15-23-12-10-17(11-13-23)22(25)16-6-4-3-5-7-16/h3-14H,15H2,1-2H3/q+1. The number of benzene rings is 2. The molecular weight excluding hydrogens is 342 g/mol. The van der Waals surface area contributed by atoms with Crippen LogP contribution in [-0.2, 0) is 6.54 Å². The van der Waals surface area contributed by atoms with Gasteiger partial charge in [-0.1, -0.05) is 30.3 Å². The van der Waals surface area contributed by atoms with Crippen molar-refractivity contribution in [2.45, 2.75) is 6.54 Å². The van der Waals surface area contributed by atoms with Crippen LogP contribution in [0.25, 0.3) is 0 Å². The maximum absolute atomic E-state index is 12.5. The van der Waals surface area contributed by atoms with Gasteiger partial charge in [0, 0.05) is 28.8 Å². The average molecular weight is 362 g/mol. The summed E-state index contributed by atoms with van der Waals surface area (Å²) in [5, 5.41) is 0. The lowest BCUT2D eigenvalue weighted by Crippen LogP contribution is -2.37. The Hall–Kier alpha value is -3.47. The molecule has 0 amide bonds. The summed E-state index contributed by atoms with van der Waals surface area (Å²) in [5.41, 5.74) is 1.75. The van der Waals surface area contributed by atoms with Gasteiger partial charge < -0.3 is 9.47 Å². The van der Waals surface area contributed by atoms with Crippen LogP contribution in [0.15, 0.2) is 73.1 Å². The highest BCUT2D eigenvalue weighted by Gasteiger charge is 2.16. The molecule has 0 spiro atoms. The minimum absolute atomic E-state index is 0.0473. The second kappa shape index (κ2) is 8.27. The fraction of sp³-hybridized carbons (Fsp3) is 0.136. The number of carbonyl (C=O) groups is 2. The fourth-order valence-corrected chi connectivity index (χ4v) is 2.74. The molecular formula is C22H20NO4+. The van der Waals surface area contributed by atoms with Gasteiger partial charge in [-0.25, -0.2) is 0 Å². The Bertz CT molecular complexity index is 950. The summed E-state index contributed by atoms with van der Waals surface area (Å²) in [6.45, 7) is 0.162. The lowest BCUT2D eigenvalue weighted by atomic mass is 10.0. The number of rotatable bonds is 7. The number of pyridine rings is 1. The van der Waals surface area contributed by atoms with Gasteiger partial charge in [0.2, 0.25) is 12.3 Å². The SMILES string of the molecule is COc1ccc(C(=O)C[n+]2ccc(C(=O)c3ccccc3)cc2)cc1OC. The van der Waals surface area contributed by atoms with Crippen molar-refractivity contribution in [1.82, 2.24) is 0 Å². The van der Waals surface area contributed by atoms with E-state index in [9.17, 15) is 9.59 Å². The molecule has 0 aliphatic carbocycles. The molecule has 5 heteroatoms. The van der Waals surface area contributed by atoms with Crippen LogP contribution in [0.1, 0.15) is 26.3 Å². The van der Waals surface area contributed by atoms with E-state index in [1.54, 1.807) is 66.5 Å². The number of hydrogen-bond donors (Lipinski definition) is 0. The van der Waals surface area contributed by atoms with Crippen LogP contribution in [0.4, 0.5) is 0 Å². The van der Waals surface area contributed by atoms with Gasteiger partial charge in [0.25, 0.3) is 0 Å². The summed E-state index contributed by atoms with van der Waals surface area (Å²) in [5.74, 6) is 0.972. The van der Waals surface area contributed by atoms with Gasteiger partial charge in [-0.3, -0.25) is 9.59 Å². The molecule has 1 heterocycles. The van der Waals surface area contributed by atoms with Crippen LogP contribution in [-0.4, -0.2) is 25.8 Å². The topological polar surface area (TPSA) is 56.5 Å². The van der Waals surface area contributed by atoms with Crippen molar-refractivity contribution in [3.63, 3.8) is 0 Å². The number of nitrogens with zero attached hydrogens (tertiary/aromatic N) is 1. The Morgan fingerprint density at radius 3 is 2.04 bits per heavy atom. The molecule has 27 heavy (non-hydrogen) atoms. The molecule has 3 aromatic rings. The lowest BCUT2D eigenvalue weighted by Gasteiger charge is -2.08. The molecule has 136 valence electrons. The zero-order valence-electron chi connectivity index (χ0n) is 15.2. The Labute approximate surface area is 157 Å². The maximum atomic E-state index is 12.5. The molecule has 0 unspecified atom stereocenters. The quantitative estimate of drug-likeness (QED) is 0.479. The van der Waals surface area contributed by atoms with Crippen LogP contribution in [0.3, 0.4) is 0 Å². The molecule has 0 aliphatic rings. The Balaban J connectivity index is 1.73. The molecule has 3 rings (SSSR count). The van der Waals surface area contributed by atoms with E-state index in [2.05, 4.69) is 0 Å². The van der Waals surface area contributed by atoms with Crippen molar-refractivity contribution < 1.29 is 23.6 Å². The average Bonchev–Trinajstić information content (AvgIpc) is 2.73. The molecule has 0 fully saturated rings. The first-order chi connectivity index (χ1) is 13.1. The fourth-order valence-electron chi connectivity index (χ4n) is 2.74. The van der Waals surface area contributed by atoms with E-state index in [-0.39, 0.29) is 18.1 Å². The summed E-state index contributed by atoms with van der Waals surface area (Å²) < 4.78 is 12.2. The molecule has 1 aromatic heterocycles. The summed E-state index contributed by atoms with van der Waals surface area (Å²) in [7, 11) is 3.08. The highest BCUT2D eigenvalue weighted by molar-refractivity contribution is 6.08. The van der Waals surface area contributed by atoms with E-state index in [0.29, 0.717) is 28.2 Å². The van der Waals surface area contributed by atoms with Crippen molar-refractivity contribution in [3.05, 3.63) is 89.7 Å². The Kier molecular flexibility index (Phi) is 5.61. The van der Waals surface area contributed by atoms with Crippen molar-refractivity contribution in [2.75, 3.05) is 14.2 Å². The van der Waals surface area contributed by atoms with Crippen LogP contribution in [0.5, 0.6) is 11.5 Å². The second-order valence-electron chi connectivity index (χ2n) is 5.95. The number of hydrogen-bond acceptors (Lipinski definition) is 4. The summed E-state index contributed by atoms with van der Waals surface area (Å²) in [6, 6.07) is 17.6. The summed E-state index contributed by atoms with van der Waals surface area (Å²) >= 11 is 0. The van der Waals surface area contributed by atoms with Crippen molar-refractivity contribution in [3.8, 4) is 11.5 Å². The Morgan fingerprint density at radius 1 is 0.778 bits per heavy atom. The maximum Gasteiger partial charge on any atom is 0.227 e. The third-order valence-electron chi connectivity index (χ3n) is 4.22. The Morgan fingerprint density at radius 2 is 1.41 bits per heavy atom. The zero-order valence-corrected chi connectivity index (χ0v) is 15.2. The van der Waals surface area contributed by atoms with Crippen molar-refractivity contribution in [2.24, 2.45) is 0 Å². The molecule has 0 saturated heterocycles. The number of ether oxygens (including phenoxy) is 2. The van der Waals surface area contributed by atoms with Gasteiger partial charge in [-0.15, -0.1) is 0 Å². The van der Waals surface area contributed by atoms with Crippen LogP contribution < -0.4 is 14.0 Å². The highest BCUT2D eigenvalue weighted by Crippen LogP contribution is 2.27. The number of ketones is 2. The second-order valence-corrected chi connectivity index (χ2v) is 5.95. The first-order valence-electron chi connectivity index (χ1n) is 8.46. The lowest BCUT2D eigenvalue weighted by molar-refractivity contribution is -0.683. The van der Waals surface area contributed by atoms with Crippen LogP contribution >= 0.6 is 0 Å². The van der Waals surface area contributed by atoms with Gasteiger partial charge in [-0.2, -0.15) is 4.57 Å². The minimum Gasteiger partial charge on any atom is -0.493 e. The van der Waals surface area contributed by atoms with E-state index in [1.807, 2.05) is 18.2 Å². The molecule has 0 saturated carbocycles. The van der Waals surface area contributed by atoms with Crippen molar-refractivity contribution >= 4 is 11.6 Å². The normalized spacial score (nSPS) is 10.3. The van der Waals surface area contributed by atoms with Gasteiger partial charge >= 0.3 is 0 Å². The van der Waals surface area contributed by atoms with Crippen LogP contribution in [0.2, 0.25) is 0 Å². The third-order valence-corrected chi connectivity index (χ3v) is 4.22. The largest absolute Gasteiger partial charge is 0.493 e. The van der Waals surface area contributed by atoms with E-state index >= 15 is 0 Å². The molecule has 0 aliphatic heterocycles. The molecule has 5 nitrogen and oxygen atoms in total. The van der Waals surface area contributed by atoms with Crippen molar-refractivity contribution in [1.29, 1.82) is 0 Å². The predicted molar refractivity (Wildman–Crippen MR) is 100 cm³/mol. The number of carbonyl (C=O) groups excluding carboxylic acids is 2. The monoisotopic (exact) mass is 362 g/mol. The molecule has 0 atom stereocenters. The minimum atomic E-state index is -0.0666. The first-order valence-corrected chi connectivity index (χ1v) is 8.46. The number of aromatic nitrogens is 1. The van der Waals surface area contributed by atoms with Gasteiger partial charge in [0.15, 0.2) is 29.7 Å². The van der Waals surface area contributed by atoms with Gasteiger partial charge in [0.05, 0.1) is 14.2 Å². The van der Waals surface area contributed by atoms with Gasteiger partial charge in [0.1, 0.15) is 0 Å². The van der Waals surface area contributed by atoms with Crippen LogP contribution in [0, 0.1) is 0 Å². The molecule has 2 aromatic carbocycles. The van der Waals surface area contributed by atoms with E-state index in [1.165, 1.54) is 7.11 Å².